The molecule has 18 heavy (non-hydrogen) atoms. The molecule has 0 aliphatic carbocycles. The lowest BCUT2D eigenvalue weighted by Gasteiger charge is -2.18. The van der Waals surface area contributed by atoms with E-state index in [0.29, 0.717) is 5.69 Å². The number of nitrogens with one attached hydrogen (secondary N) is 2. The van der Waals surface area contributed by atoms with Crippen LogP contribution < -0.4 is 10.6 Å². The lowest BCUT2D eigenvalue weighted by atomic mass is 10.2. The summed E-state index contributed by atoms with van der Waals surface area (Å²) in [5.41, 5.74) is 0.353. The average molecular weight is 293 g/mol. The van der Waals surface area contributed by atoms with Crippen LogP contribution in [0.25, 0.3) is 0 Å². The Balaban J connectivity index is 2.82. The summed E-state index contributed by atoms with van der Waals surface area (Å²) in [4.78, 5) is 11.7. The van der Waals surface area contributed by atoms with Crippen LogP contribution in [0.15, 0.2) is 12.1 Å². The van der Waals surface area contributed by atoms with E-state index in [0.717, 1.165) is 12.1 Å². The minimum Gasteiger partial charge on any atom is -0.371 e. The highest BCUT2D eigenvalue weighted by molar-refractivity contribution is 6.39. The van der Waals surface area contributed by atoms with Crippen molar-refractivity contribution in [1.82, 2.24) is 5.32 Å². The number of halogens is 3. The van der Waals surface area contributed by atoms with E-state index >= 15 is 0 Å². The van der Waals surface area contributed by atoms with E-state index in [1.165, 1.54) is 0 Å². The standard InChI is InChI=1S/C12H15Cl2FN2O/c1-6(2)16-12(18)7(3)17-11-9(13)4-8(15)5-10(11)14/h4-7,17H,1-3H3,(H,16,18). The van der Waals surface area contributed by atoms with Crippen LogP contribution in [0, 0.1) is 5.82 Å². The SMILES string of the molecule is CC(C)NC(=O)C(C)Nc1c(Cl)cc(F)cc1Cl. The van der Waals surface area contributed by atoms with Gasteiger partial charge in [0.15, 0.2) is 0 Å². The van der Waals surface area contributed by atoms with Crippen LogP contribution in [0.5, 0.6) is 0 Å². The van der Waals surface area contributed by atoms with Crippen LogP contribution in [0.3, 0.4) is 0 Å². The van der Waals surface area contributed by atoms with Crippen LogP contribution in [-0.4, -0.2) is 18.0 Å². The zero-order chi connectivity index (χ0) is 13.9. The van der Waals surface area contributed by atoms with E-state index in [4.69, 9.17) is 23.2 Å². The minimum atomic E-state index is -0.520. The Morgan fingerprint density at radius 3 is 2.17 bits per heavy atom. The number of amides is 1. The van der Waals surface area contributed by atoms with Crippen molar-refractivity contribution in [2.75, 3.05) is 5.32 Å². The zero-order valence-electron chi connectivity index (χ0n) is 10.4. The van der Waals surface area contributed by atoms with Gasteiger partial charge in [-0.3, -0.25) is 4.79 Å². The average Bonchev–Trinajstić information content (AvgIpc) is 2.21. The zero-order valence-corrected chi connectivity index (χ0v) is 11.9. The largest absolute Gasteiger partial charge is 0.371 e. The first kappa shape index (κ1) is 15.1. The Bertz CT molecular complexity index is 429. The Morgan fingerprint density at radius 1 is 1.22 bits per heavy atom. The number of carbonyl (C=O) groups excluding carboxylic acids is 1. The molecule has 0 spiro atoms. The van der Waals surface area contributed by atoms with Gasteiger partial charge < -0.3 is 10.6 Å². The maximum Gasteiger partial charge on any atom is 0.242 e. The topological polar surface area (TPSA) is 41.1 Å². The van der Waals surface area contributed by atoms with E-state index in [-0.39, 0.29) is 22.0 Å². The molecule has 0 radical (unpaired) electrons. The second-order valence-corrected chi connectivity index (χ2v) is 5.09. The smallest absolute Gasteiger partial charge is 0.242 e. The van der Waals surface area contributed by atoms with Gasteiger partial charge in [-0.05, 0) is 32.9 Å². The summed E-state index contributed by atoms with van der Waals surface area (Å²) in [6.45, 7) is 5.40. The van der Waals surface area contributed by atoms with E-state index in [9.17, 15) is 9.18 Å². The van der Waals surface area contributed by atoms with Crippen LogP contribution in [0.2, 0.25) is 10.0 Å². The Kier molecular flexibility index (Phi) is 5.23. The molecule has 0 saturated heterocycles. The van der Waals surface area contributed by atoms with Gasteiger partial charge in [0.05, 0.1) is 15.7 Å². The van der Waals surface area contributed by atoms with Gasteiger partial charge in [-0.1, -0.05) is 23.2 Å². The molecule has 3 nitrogen and oxygen atoms in total. The van der Waals surface area contributed by atoms with Crippen molar-refractivity contribution in [3.63, 3.8) is 0 Å². The van der Waals surface area contributed by atoms with E-state index in [1.807, 2.05) is 13.8 Å². The number of anilines is 1. The molecule has 1 amide bonds. The number of carbonyl (C=O) groups is 1. The van der Waals surface area contributed by atoms with Crippen molar-refractivity contribution in [2.24, 2.45) is 0 Å². The fraction of sp³-hybridized carbons (Fsp3) is 0.417. The number of benzene rings is 1. The molecule has 1 aromatic rings. The Hall–Kier alpha value is -1.00. The van der Waals surface area contributed by atoms with E-state index < -0.39 is 11.9 Å². The van der Waals surface area contributed by atoms with Crippen LogP contribution in [-0.2, 0) is 4.79 Å². The van der Waals surface area contributed by atoms with Gasteiger partial charge in [0.2, 0.25) is 5.91 Å². The molecule has 0 aliphatic rings. The fourth-order valence-corrected chi connectivity index (χ4v) is 1.94. The third-order valence-corrected chi connectivity index (χ3v) is 2.79. The third-order valence-electron chi connectivity index (χ3n) is 2.19. The van der Waals surface area contributed by atoms with Crippen molar-refractivity contribution in [2.45, 2.75) is 32.9 Å². The van der Waals surface area contributed by atoms with Gasteiger partial charge in [0.1, 0.15) is 11.9 Å². The van der Waals surface area contributed by atoms with Crippen molar-refractivity contribution < 1.29 is 9.18 Å². The van der Waals surface area contributed by atoms with Crippen molar-refractivity contribution >= 4 is 34.8 Å². The molecule has 6 heteroatoms. The highest BCUT2D eigenvalue weighted by Gasteiger charge is 2.17. The van der Waals surface area contributed by atoms with E-state index in [1.54, 1.807) is 6.92 Å². The minimum absolute atomic E-state index is 0.0425. The molecule has 100 valence electrons. The van der Waals surface area contributed by atoms with Gasteiger partial charge in [-0.2, -0.15) is 0 Å². The lowest BCUT2D eigenvalue weighted by molar-refractivity contribution is -0.122. The summed E-state index contributed by atoms with van der Waals surface area (Å²) in [7, 11) is 0. The van der Waals surface area contributed by atoms with Gasteiger partial charge in [-0.15, -0.1) is 0 Å². The van der Waals surface area contributed by atoms with Crippen molar-refractivity contribution in [3.05, 3.63) is 28.0 Å². The molecule has 1 rings (SSSR count). The van der Waals surface area contributed by atoms with Crippen LogP contribution in [0.4, 0.5) is 10.1 Å². The van der Waals surface area contributed by atoms with E-state index in [2.05, 4.69) is 10.6 Å². The first-order chi connectivity index (χ1) is 8.31. The summed E-state index contributed by atoms with van der Waals surface area (Å²) in [6, 6.07) is 1.81. The molecule has 1 unspecified atom stereocenters. The van der Waals surface area contributed by atoms with Crippen molar-refractivity contribution in [3.8, 4) is 0 Å². The van der Waals surface area contributed by atoms with Gasteiger partial charge >= 0.3 is 0 Å². The number of rotatable bonds is 4. The highest BCUT2D eigenvalue weighted by atomic mass is 35.5. The van der Waals surface area contributed by atoms with Crippen LogP contribution in [0.1, 0.15) is 20.8 Å². The predicted octanol–water partition coefficient (Wildman–Crippen LogP) is 3.46. The molecule has 1 aromatic carbocycles. The maximum atomic E-state index is 13.0. The maximum absolute atomic E-state index is 13.0. The molecular weight excluding hydrogens is 278 g/mol. The highest BCUT2D eigenvalue weighted by Crippen LogP contribution is 2.31. The molecule has 0 aliphatic heterocycles. The van der Waals surface area contributed by atoms with Gasteiger partial charge in [-0.25, -0.2) is 4.39 Å². The number of hydrogen-bond acceptors (Lipinski definition) is 2. The summed E-state index contributed by atoms with van der Waals surface area (Å²) in [6.07, 6.45) is 0. The predicted molar refractivity (Wildman–Crippen MR) is 72.8 cm³/mol. The molecule has 0 fully saturated rings. The Labute approximate surface area is 116 Å². The molecule has 0 bridgehead atoms. The molecule has 1 atom stereocenters. The summed E-state index contributed by atoms with van der Waals surface area (Å²) in [5, 5.41) is 5.91. The molecule has 0 heterocycles. The van der Waals surface area contributed by atoms with Gasteiger partial charge in [0, 0.05) is 6.04 Å². The first-order valence-corrected chi connectivity index (χ1v) is 6.28. The first-order valence-electron chi connectivity index (χ1n) is 5.52. The molecular formula is C12H15Cl2FN2O. The Morgan fingerprint density at radius 2 is 1.72 bits per heavy atom. The summed E-state index contributed by atoms with van der Waals surface area (Å²) in [5.74, 6) is -0.698. The second-order valence-electron chi connectivity index (χ2n) is 4.27. The monoisotopic (exact) mass is 292 g/mol. The second kappa shape index (κ2) is 6.25. The molecule has 2 N–H and O–H groups in total. The lowest BCUT2D eigenvalue weighted by Crippen LogP contribution is -2.41. The molecule has 0 aromatic heterocycles. The quantitative estimate of drug-likeness (QED) is 0.892. The molecule has 0 saturated carbocycles. The normalized spacial score (nSPS) is 12.4. The summed E-state index contributed by atoms with van der Waals surface area (Å²) < 4.78 is 13.0. The third kappa shape index (κ3) is 4.03. The van der Waals surface area contributed by atoms with Crippen molar-refractivity contribution in [1.29, 1.82) is 0 Å². The summed E-state index contributed by atoms with van der Waals surface area (Å²) >= 11 is 11.7. The van der Waals surface area contributed by atoms with Gasteiger partial charge in [0.25, 0.3) is 0 Å². The van der Waals surface area contributed by atoms with Crippen LogP contribution >= 0.6 is 23.2 Å². The number of hydrogen-bond donors (Lipinski definition) is 2. The fourth-order valence-electron chi connectivity index (χ4n) is 1.37.